The second-order valence-electron chi connectivity index (χ2n) is 14.1. The zero-order valence-corrected chi connectivity index (χ0v) is 32.0. The fraction of sp³-hybridized carbons (Fsp3) is 0.875. The van der Waals surface area contributed by atoms with Gasteiger partial charge in [0, 0.05) is 0 Å². The van der Waals surface area contributed by atoms with E-state index in [9.17, 15) is 28.0 Å². The molecular formula is C40H77NO6S. The normalized spacial score (nSPS) is 14.2. The molecule has 0 fully saturated rings. The first-order valence-electron chi connectivity index (χ1n) is 20.1. The first-order chi connectivity index (χ1) is 23.2. The van der Waals surface area contributed by atoms with Gasteiger partial charge >= 0.3 is 0 Å². The highest BCUT2D eigenvalue weighted by atomic mass is 32.2. The van der Waals surface area contributed by atoms with Crippen molar-refractivity contribution in [1.82, 2.24) is 5.32 Å². The minimum absolute atomic E-state index is 0.280. The lowest BCUT2D eigenvalue weighted by atomic mass is 10.0. The van der Waals surface area contributed by atoms with Gasteiger partial charge in [-0.3, -0.25) is 9.35 Å². The predicted octanol–water partition coefficient (Wildman–Crippen LogP) is 10.5. The van der Waals surface area contributed by atoms with Crippen LogP contribution >= 0.6 is 0 Å². The molecule has 1 amide bonds. The first kappa shape index (κ1) is 46.8. The number of carbonyl (C=O) groups excluding carboxylic acids is 1. The van der Waals surface area contributed by atoms with E-state index in [1.807, 2.05) is 0 Å². The summed E-state index contributed by atoms with van der Waals surface area (Å²) < 4.78 is 32.5. The van der Waals surface area contributed by atoms with Crippen molar-refractivity contribution in [3.05, 3.63) is 24.3 Å². The van der Waals surface area contributed by atoms with Crippen LogP contribution in [0, 0.1) is 0 Å². The number of aliphatic hydroxyl groups is 2. The number of amides is 1. The van der Waals surface area contributed by atoms with Crippen molar-refractivity contribution in [3.63, 3.8) is 0 Å². The standard InChI is InChI=1S/C40H77NO6S/c1-3-5-7-9-11-13-15-17-19-20-21-23-24-26-28-30-32-34-38(42)37(36-48(45,46)47)41-40(44)39(43)35-33-31-29-27-25-22-18-16-14-12-10-8-6-4-2/h12,14,16,18,37-39,42-43H,3-11,13,15,17,19-36H2,1-2H3,(H,41,44)(H,45,46,47)/b14-12-,18-16-. The third kappa shape index (κ3) is 33.3. The Balaban J connectivity index is 4.01. The molecule has 7 nitrogen and oxygen atoms in total. The number of hydrogen-bond donors (Lipinski definition) is 4. The number of aliphatic hydroxyl groups excluding tert-OH is 2. The molecule has 0 radical (unpaired) electrons. The zero-order valence-electron chi connectivity index (χ0n) is 31.2. The molecule has 48 heavy (non-hydrogen) atoms. The van der Waals surface area contributed by atoms with Gasteiger partial charge in [0.05, 0.1) is 17.9 Å². The maximum Gasteiger partial charge on any atom is 0.266 e. The molecule has 0 aromatic carbocycles. The predicted molar refractivity (Wildman–Crippen MR) is 204 cm³/mol. The Morgan fingerprint density at radius 2 is 0.917 bits per heavy atom. The van der Waals surface area contributed by atoms with Crippen LogP contribution in [0.5, 0.6) is 0 Å². The number of unbranched alkanes of at least 4 members (excludes halogenated alkanes) is 24. The van der Waals surface area contributed by atoms with E-state index in [4.69, 9.17) is 0 Å². The lowest BCUT2D eigenvalue weighted by Gasteiger charge is -2.24. The zero-order chi connectivity index (χ0) is 35.6. The van der Waals surface area contributed by atoms with E-state index < -0.39 is 40.0 Å². The molecule has 4 N–H and O–H groups in total. The average molecular weight is 700 g/mol. The highest BCUT2D eigenvalue weighted by Gasteiger charge is 2.28. The highest BCUT2D eigenvalue weighted by Crippen LogP contribution is 2.16. The van der Waals surface area contributed by atoms with Crippen molar-refractivity contribution in [1.29, 1.82) is 0 Å². The van der Waals surface area contributed by atoms with Gasteiger partial charge in [0.1, 0.15) is 6.10 Å². The fourth-order valence-electron chi connectivity index (χ4n) is 6.16. The fourth-order valence-corrected chi connectivity index (χ4v) is 6.92. The van der Waals surface area contributed by atoms with Crippen molar-refractivity contribution in [2.24, 2.45) is 0 Å². The lowest BCUT2D eigenvalue weighted by Crippen LogP contribution is -2.50. The molecule has 8 heteroatoms. The second-order valence-corrected chi connectivity index (χ2v) is 15.6. The summed E-state index contributed by atoms with van der Waals surface area (Å²) in [5.41, 5.74) is 0. The largest absolute Gasteiger partial charge is 0.391 e. The maximum absolute atomic E-state index is 12.6. The van der Waals surface area contributed by atoms with E-state index in [1.165, 1.54) is 103 Å². The Hall–Kier alpha value is -1.22. The van der Waals surface area contributed by atoms with Crippen LogP contribution in [0.15, 0.2) is 24.3 Å². The molecule has 0 saturated heterocycles. The summed E-state index contributed by atoms with van der Waals surface area (Å²) in [7, 11) is -4.41. The van der Waals surface area contributed by atoms with Gasteiger partial charge in [-0.2, -0.15) is 8.42 Å². The molecule has 3 unspecified atom stereocenters. The number of rotatable bonds is 36. The van der Waals surface area contributed by atoms with E-state index in [0.29, 0.717) is 19.3 Å². The molecule has 3 atom stereocenters. The minimum atomic E-state index is -4.41. The molecule has 0 saturated carbocycles. The molecule has 0 heterocycles. The maximum atomic E-state index is 12.6. The summed E-state index contributed by atoms with van der Waals surface area (Å²) in [6, 6.07) is -1.15. The smallest absolute Gasteiger partial charge is 0.266 e. The Bertz CT molecular complexity index is 875. The molecule has 0 rings (SSSR count). The molecule has 284 valence electrons. The summed E-state index contributed by atoms with van der Waals surface area (Å²) in [6.45, 7) is 4.47. The van der Waals surface area contributed by atoms with Crippen LogP contribution in [-0.2, 0) is 14.9 Å². The van der Waals surface area contributed by atoms with Crippen LogP contribution in [0.2, 0.25) is 0 Å². The molecule has 0 aliphatic carbocycles. The van der Waals surface area contributed by atoms with Crippen molar-refractivity contribution < 1.29 is 28.0 Å². The SMILES string of the molecule is CCCCC/C=C\C=C/CCCCCCCC(O)C(=O)NC(CS(=O)(=O)O)C(O)CCCCCCCCCCCCCCCCCCC. The summed E-state index contributed by atoms with van der Waals surface area (Å²) >= 11 is 0. The van der Waals surface area contributed by atoms with Gasteiger partial charge in [-0.1, -0.05) is 186 Å². The summed E-state index contributed by atoms with van der Waals surface area (Å²) in [5.74, 6) is -1.47. The van der Waals surface area contributed by atoms with E-state index in [0.717, 1.165) is 57.8 Å². The molecule has 0 aliphatic heterocycles. The number of carbonyl (C=O) groups is 1. The summed E-state index contributed by atoms with van der Waals surface area (Å²) in [4.78, 5) is 12.6. The van der Waals surface area contributed by atoms with Crippen LogP contribution in [0.4, 0.5) is 0 Å². The van der Waals surface area contributed by atoms with Gasteiger partial charge in [0.2, 0.25) is 5.91 Å². The van der Waals surface area contributed by atoms with Crippen LogP contribution in [0.25, 0.3) is 0 Å². The van der Waals surface area contributed by atoms with Crippen LogP contribution in [0.3, 0.4) is 0 Å². The molecule has 0 aromatic heterocycles. The van der Waals surface area contributed by atoms with Gasteiger partial charge in [-0.05, 0) is 38.5 Å². The van der Waals surface area contributed by atoms with Gasteiger partial charge < -0.3 is 15.5 Å². The van der Waals surface area contributed by atoms with E-state index in [2.05, 4.69) is 43.5 Å². The van der Waals surface area contributed by atoms with Crippen molar-refractivity contribution in [2.75, 3.05) is 5.75 Å². The van der Waals surface area contributed by atoms with E-state index >= 15 is 0 Å². The Labute approximate surface area is 297 Å². The summed E-state index contributed by atoms with van der Waals surface area (Å²) in [6.07, 6.45) is 39.0. The van der Waals surface area contributed by atoms with Crippen molar-refractivity contribution >= 4 is 16.0 Å². The Kier molecular flexibility index (Phi) is 33.4. The second kappa shape index (κ2) is 34.2. The van der Waals surface area contributed by atoms with Gasteiger partial charge in [0.15, 0.2) is 0 Å². The number of allylic oxidation sites excluding steroid dienone is 4. The summed E-state index contributed by atoms with van der Waals surface area (Å²) in [5, 5.41) is 23.5. The minimum Gasteiger partial charge on any atom is -0.391 e. The van der Waals surface area contributed by atoms with Crippen LogP contribution < -0.4 is 5.32 Å². The molecule has 0 aromatic rings. The molecular weight excluding hydrogens is 623 g/mol. The van der Waals surface area contributed by atoms with Crippen molar-refractivity contribution in [3.8, 4) is 0 Å². The third-order valence-electron chi connectivity index (χ3n) is 9.29. The molecule has 0 bridgehead atoms. The van der Waals surface area contributed by atoms with Gasteiger partial charge in [0.25, 0.3) is 10.1 Å². The lowest BCUT2D eigenvalue weighted by molar-refractivity contribution is -0.131. The Morgan fingerprint density at radius 3 is 1.35 bits per heavy atom. The van der Waals surface area contributed by atoms with Gasteiger partial charge in [-0.25, -0.2) is 0 Å². The monoisotopic (exact) mass is 700 g/mol. The number of nitrogens with one attached hydrogen (secondary N) is 1. The first-order valence-corrected chi connectivity index (χ1v) is 21.8. The molecule has 0 aliphatic rings. The molecule has 0 spiro atoms. The highest BCUT2D eigenvalue weighted by molar-refractivity contribution is 7.85. The van der Waals surface area contributed by atoms with Gasteiger partial charge in [-0.15, -0.1) is 0 Å². The quantitative estimate of drug-likeness (QED) is 0.0293. The number of hydrogen-bond acceptors (Lipinski definition) is 5. The topological polar surface area (TPSA) is 124 Å². The van der Waals surface area contributed by atoms with Crippen LogP contribution in [-0.4, -0.2) is 53.1 Å². The van der Waals surface area contributed by atoms with Crippen molar-refractivity contribution in [2.45, 2.75) is 218 Å². The average Bonchev–Trinajstić information content (AvgIpc) is 3.05. The Morgan fingerprint density at radius 1 is 0.562 bits per heavy atom. The van der Waals surface area contributed by atoms with E-state index in [-0.39, 0.29) is 6.42 Å². The van der Waals surface area contributed by atoms with Crippen LogP contribution in [0.1, 0.15) is 200 Å². The van der Waals surface area contributed by atoms with E-state index in [1.54, 1.807) is 0 Å². The third-order valence-corrected chi connectivity index (χ3v) is 10.1.